The van der Waals surface area contributed by atoms with Gasteiger partial charge in [0.05, 0.1) is 24.9 Å². The van der Waals surface area contributed by atoms with E-state index in [4.69, 9.17) is 9.47 Å². The minimum atomic E-state index is -0.120. The van der Waals surface area contributed by atoms with Crippen LogP contribution in [0, 0.1) is 6.92 Å². The van der Waals surface area contributed by atoms with Crippen LogP contribution in [0.4, 0.5) is 0 Å². The summed E-state index contributed by atoms with van der Waals surface area (Å²) in [7, 11) is 0. The first-order valence-electron chi connectivity index (χ1n) is 8.64. The Morgan fingerprint density at radius 2 is 2.04 bits per heavy atom. The van der Waals surface area contributed by atoms with Crippen molar-refractivity contribution in [2.45, 2.75) is 19.4 Å². The molecule has 1 N–H and O–H groups in total. The van der Waals surface area contributed by atoms with E-state index in [-0.39, 0.29) is 17.8 Å². The van der Waals surface area contributed by atoms with Gasteiger partial charge in [-0.1, -0.05) is 6.07 Å². The summed E-state index contributed by atoms with van der Waals surface area (Å²) in [5.41, 5.74) is 1.31. The van der Waals surface area contributed by atoms with Gasteiger partial charge >= 0.3 is 0 Å². The number of amides is 1. The number of phenols is 1. The summed E-state index contributed by atoms with van der Waals surface area (Å²) < 4.78 is 11.3. The molecule has 2 aliphatic rings. The predicted octanol–water partition coefficient (Wildman–Crippen LogP) is 1.26. The van der Waals surface area contributed by atoms with Gasteiger partial charge in [0.25, 0.3) is 5.91 Å². The average molecular weight is 334 g/mol. The number of hydrogen-bond donors (Lipinski definition) is 1. The summed E-state index contributed by atoms with van der Waals surface area (Å²) in [6.07, 6.45) is 0.819. The maximum absolute atomic E-state index is 12.8. The molecule has 2 saturated heterocycles. The standard InChI is InChI=1S/C18H26N2O4/c1-14-3-4-16(17(21)11-14)18(22)20-5-2-8-24-15(13-20)12-19-6-9-23-10-7-19/h3-4,11,15,21H,2,5-10,12-13H2,1H3/t15-/m1/s1. The Balaban J connectivity index is 1.66. The van der Waals surface area contributed by atoms with Crippen LogP contribution in [0.5, 0.6) is 5.75 Å². The summed E-state index contributed by atoms with van der Waals surface area (Å²) >= 11 is 0. The van der Waals surface area contributed by atoms with Crippen molar-refractivity contribution in [2.24, 2.45) is 0 Å². The van der Waals surface area contributed by atoms with Crippen molar-refractivity contribution in [3.63, 3.8) is 0 Å². The Bertz CT molecular complexity index is 572. The summed E-state index contributed by atoms with van der Waals surface area (Å²) in [6.45, 7) is 7.92. The van der Waals surface area contributed by atoms with Crippen molar-refractivity contribution in [2.75, 3.05) is 52.5 Å². The predicted molar refractivity (Wildman–Crippen MR) is 90.4 cm³/mol. The monoisotopic (exact) mass is 334 g/mol. The Labute approximate surface area is 143 Å². The molecule has 0 unspecified atom stereocenters. The molecule has 0 aromatic heterocycles. The molecule has 2 heterocycles. The first-order valence-corrected chi connectivity index (χ1v) is 8.64. The van der Waals surface area contributed by atoms with E-state index in [1.165, 1.54) is 0 Å². The number of hydrogen-bond acceptors (Lipinski definition) is 5. The second-order valence-corrected chi connectivity index (χ2v) is 6.53. The lowest BCUT2D eigenvalue weighted by molar-refractivity contribution is -0.0112. The Kier molecular flexibility index (Phi) is 5.71. The van der Waals surface area contributed by atoms with Crippen LogP contribution in [0.3, 0.4) is 0 Å². The lowest BCUT2D eigenvalue weighted by atomic mass is 10.1. The molecule has 6 nitrogen and oxygen atoms in total. The van der Waals surface area contributed by atoms with E-state index in [2.05, 4.69) is 4.90 Å². The molecule has 2 aliphatic heterocycles. The molecule has 0 bridgehead atoms. The molecule has 2 fully saturated rings. The number of rotatable bonds is 3. The molecule has 1 aromatic rings. The average Bonchev–Trinajstić information content (AvgIpc) is 2.81. The minimum Gasteiger partial charge on any atom is -0.507 e. The van der Waals surface area contributed by atoms with Gasteiger partial charge in [-0.25, -0.2) is 0 Å². The van der Waals surface area contributed by atoms with E-state index in [0.29, 0.717) is 25.3 Å². The van der Waals surface area contributed by atoms with Gasteiger partial charge in [-0.2, -0.15) is 0 Å². The molecule has 1 aromatic carbocycles. The second-order valence-electron chi connectivity index (χ2n) is 6.53. The van der Waals surface area contributed by atoms with E-state index in [1.807, 2.05) is 17.9 Å². The topological polar surface area (TPSA) is 62.2 Å². The maximum Gasteiger partial charge on any atom is 0.257 e. The number of phenolic OH excluding ortho intramolecular Hbond substituents is 1. The molecule has 0 aliphatic carbocycles. The number of benzene rings is 1. The van der Waals surface area contributed by atoms with Crippen molar-refractivity contribution in [1.82, 2.24) is 9.80 Å². The van der Waals surface area contributed by atoms with Crippen molar-refractivity contribution in [1.29, 1.82) is 0 Å². The van der Waals surface area contributed by atoms with Crippen molar-refractivity contribution < 1.29 is 19.4 Å². The lowest BCUT2D eigenvalue weighted by Gasteiger charge is -2.31. The molecule has 6 heteroatoms. The Morgan fingerprint density at radius 3 is 2.79 bits per heavy atom. The number of aryl methyl sites for hydroxylation is 1. The molecule has 0 spiro atoms. The molecule has 1 amide bonds. The highest BCUT2D eigenvalue weighted by Crippen LogP contribution is 2.21. The number of aromatic hydroxyl groups is 1. The van der Waals surface area contributed by atoms with Gasteiger partial charge in [0.2, 0.25) is 0 Å². The Hall–Kier alpha value is -1.63. The van der Waals surface area contributed by atoms with Gasteiger partial charge in [-0.3, -0.25) is 9.69 Å². The normalized spacial score (nSPS) is 23.0. The first-order chi connectivity index (χ1) is 11.6. The number of carbonyl (C=O) groups excluding carboxylic acids is 1. The minimum absolute atomic E-state index is 0.00198. The number of ether oxygens (including phenoxy) is 2. The quantitative estimate of drug-likeness (QED) is 0.902. The Morgan fingerprint density at radius 1 is 1.25 bits per heavy atom. The number of carbonyl (C=O) groups is 1. The van der Waals surface area contributed by atoms with E-state index in [9.17, 15) is 9.90 Å². The van der Waals surface area contributed by atoms with Crippen LogP contribution in [0.25, 0.3) is 0 Å². The second kappa shape index (κ2) is 7.96. The van der Waals surface area contributed by atoms with Gasteiger partial charge in [-0.05, 0) is 31.0 Å². The number of morpholine rings is 1. The summed E-state index contributed by atoms with van der Waals surface area (Å²) in [4.78, 5) is 16.9. The lowest BCUT2D eigenvalue weighted by Crippen LogP contribution is -2.45. The third-order valence-electron chi connectivity index (χ3n) is 4.59. The fraction of sp³-hybridized carbons (Fsp3) is 0.611. The molecular formula is C18H26N2O4. The zero-order valence-electron chi connectivity index (χ0n) is 14.2. The van der Waals surface area contributed by atoms with Crippen molar-refractivity contribution in [3.05, 3.63) is 29.3 Å². The third kappa shape index (κ3) is 4.26. The van der Waals surface area contributed by atoms with Crippen molar-refractivity contribution >= 4 is 5.91 Å². The maximum atomic E-state index is 12.8. The molecule has 132 valence electrons. The van der Waals surface area contributed by atoms with Crippen LogP contribution in [0.2, 0.25) is 0 Å². The van der Waals surface area contributed by atoms with E-state index in [0.717, 1.165) is 44.8 Å². The molecule has 24 heavy (non-hydrogen) atoms. The van der Waals surface area contributed by atoms with E-state index >= 15 is 0 Å². The molecule has 0 radical (unpaired) electrons. The van der Waals surface area contributed by atoms with Crippen molar-refractivity contribution in [3.8, 4) is 5.75 Å². The molecule has 1 atom stereocenters. The number of nitrogens with zero attached hydrogens (tertiary/aromatic N) is 2. The van der Waals surface area contributed by atoms with Crippen LogP contribution in [0.15, 0.2) is 18.2 Å². The van der Waals surface area contributed by atoms with Crippen LogP contribution in [-0.2, 0) is 9.47 Å². The van der Waals surface area contributed by atoms with Gasteiger partial charge < -0.3 is 19.5 Å². The fourth-order valence-corrected chi connectivity index (χ4v) is 3.25. The molecule has 0 saturated carbocycles. The van der Waals surface area contributed by atoms with Gasteiger partial charge in [-0.15, -0.1) is 0 Å². The highest BCUT2D eigenvalue weighted by atomic mass is 16.5. The SMILES string of the molecule is Cc1ccc(C(=O)N2CCCO[C@H](CN3CCOCC3)C2)c(O)c1. The van der Waals surface area contributed by atoms with E-state index < -0.39 is 0 Å². The summed E-state index contributed by atoms with van der Waals surface area (Å²) in [5, 5.41) is 10.1. The van der Waals surface area contributed by atoms with Crippen LogP contribution in [0.1, 0.15) is 22.3 Å². The van der Waals surface area contributed by atoms with Crippen LogP contribution < -0.4 is 0 Å². The zero-order chi connectivity index (χ0) is 16.9. The van der Waals surface area contributed by atoms with Crippen LogP contribution >= 0.6 is 0 Å². The van der Waals surface area contributed by atoms with E-state index in [1.54, 1.807) is 12.1 Å². The highest BCUT2D eigenvalue weighted by molar-refractivity contribution is 5.97. The fourth-order valence-electron chi connectivity index (χ4n) is 3.25. The van der Waals surface area contributed by atoms with Gasteiger partial charge in [0.15, 0.2) is 0 Å². The van der Waals surface area contributed by atoms with Gasteiger partial charge in [0, 0.05) is 39.3 Å². The third-order valence-corrected chi connectivity index (χ3v) is 4.59. The summed E-state index contributed by atoms with van der Waals surface area (Å²) in [5.74, 6) is -0.0696. The molecular weight excluding hydrogens is 308 g/mol. The molecule has 3 rings (SSSR count). The largest absolute Gasteiger partial charge is 0.507 e. The van der Waals surface area contributed by atoms with Crippen LogP contribution in [-0.4, -0.2) is 79.5 Å². The smallest absolute Gasteiger partial charge is 0.257 e. The zero-order valence-corrected chi connectivity index (χ0v) is 14.2. The highest BCUT2D eigenvalue weighted by Gasteiger charge is 2.26. The van der Waals surface area contributed by atoms with Gasteiger partial charge in [0.1, 0.15) is 5.75 Å². The summed E-state index contributed by atoms with van der Waals surface area (Å²) in [6, 6.07) is 5.19. The first kappa shape index (κ1) is 17.2.